The topological polar surface area (TPSA) is 149 Å². The Bertz CT molecular complexity index is 1360. The van der Waals surface area contributed by atoms with Gasteiger partial charge in [-0.25, -0.2) is 0 Å². The van der Waals surface area contributed by atoms with Crippen LogP contribution in [0.5, 0.6) is 0 Å². The molecule has 7 atom stereocenters. The third-order valence-electron chi connectivity index (χ3n) is 11.1. The number of nitrogens with one attached hydrogen (secondary N) is 1. The fourth-order valence-electron chi connectivity index (χ4n) is 7.07. The molecule has 1 fully saturated rings. The number of hydrogen-bond acceptors (Lipinski definition) is 8. The van der Waals surface area contributed by atoms with E-state index >= 15 is 0 Å². The predicted molar refractivity (Wildman–Crippen MR) is 267 cm³/mol. The number of aliphatic hydroxyl groups excluding tert-OH is 5. The number of hydrogen-bond donors (Lipinski definition) is 6. The molecule has 1 heterocycles. The van der Waals surface area contributed by atoms with Crippen molar-refractivity contribution in [3.8, 4) is 0 Å². The first-order valence-electron chi connectivity index (χ1n) is 25.1. The second kappa shape index (κ2) is 43.7. The Hall–Kier alpha value is -3.15. The van der Waals surface area contributed by atoms with Crippen molar-refractivity contribution in [3.63, 3.8) is 0 Å². The van der Waals surface area contributed by atoms with Gasteiger partial charge in [0.15, 0.2) is 6.29 Å². The number of carbonyl (C=O) groups excluding carboxylic acids is 1. The molecule has 1 amide bonds. The van der Waals surface area contributed by atoms with Crippen LogP contribution in [0.1, 0.15) is 174 Å². The van der Waals surface area contributed by atoms with Gasteiger partial charge in [-0.2, -0.15) is 0 Å². The van der Waals surface area contributed by atoms with Gasteiger partial charge in [0.25, 0.3) is 0 Å². The zero-order valence-corrected chi connectivity index (χ0v) is 40.0. The average Bonchev–Trinajstić information content (AvgIpc) is 3.29. The second-order valence-electron chi connectivity index (χ2n) is 16.9. The van der Waals surface area contributed by atoms with Crippen molar-refractivity contribution in [1.82, 2.24) is 5.32 Å². The van der Waals surface area contributed by atoms with Gasteiger partial charge in [0.05, 0.1) is 25.4 Å². The van der Waals surface area contributed by atoms with Gasteiger partial charge in [0.2, 0.25) is 5.91 Å². The molecule has 0 bridgehead atoms. The van der Waals surface area contributed by atoms with Crippen LogP contribution >= 0.6 is 0 Å². The molecule has 64 heavy (non-hydrogen) atoms. The molecule has 0 aromatic rings. The molecular weight excluding hydrogens is 803 g/mol. The van der Waals surface area contributed by atoms with Gasteiger partial charge >= 0.3 is 0 Å². The molecule has 1 aliphatic heterocycles. The number of unbranched alkanes of at least 4 members (excludes halogenated alkanes) is 14. The van der Waals surface area contributed by atoms with Crippen LogP contribution in [0.3, 0.4) is 0 Å². The van der Waals surface area contributed by atoms with E-state index in [4.69, 9.17) is 9.47 Å². The van der Waals surface area contributed by atoms with Gasteiger partial charge in [-0.15, -0.1) is 0 Å². The molecule has 1 aliphatic rings. The van der Waals surface area contributed by atoms with Crippen molar-refractivity contribution in [3.05, 3.63) is 109 Å². The number of amides is 1. The highest BCUT2D eigenvalue weighted by Crippen LogP contribution is 2.22. The number of aliphatic hydroxyl groups is 5. The van der Waals surface area contributed by atoms with E-state index in [-0.39, 0.29) is 12.5 Å². The van der Waals surface area contributed by atoms with Crippen molar-refractivity contribution >= 4 is 5.91 Å². The average molecular weight is 894 g/mol. The minimum atomic E-state index is -1.59. The van der Waals surface area contributed by atoms with E-state index in [0.29, 0.717) is 19.3 Å². The molecular formula is C55H91NO8. The van der Waals surface area contributed by atoms with Gasteiger partial charge < -0.3 is 40.3 Å². The summed E-state index contributed by atoms with van der Waals surface area (Å²) in [5.74, 6) is -0.221. The van der Waals surface area contributed by atoms with Crippen LogP contribution in [0.4, 0.5) is 0 Å². The first kappa shape index (κ1) is 58.9. The molecule has 1 rings (SSSR count). The summed E-state index contributed by atoms with van der Waals surface area (Å²) in [7, 11) is 0. The smallest absolute Gasteiger partial charge is 0.220 e. The maximum Gasteiger partial charge on any atom is 0.220 e. The highest BCUT2D eigenvalue weighted by atomic mass is 16.7. The van der Waals surface area contributed by atoms with Crippen LogP contribution in [-0.2, 0) is 14.3 Å². The summed E-state index contributed by atoms with van der Waals surface area (Å²) >= 11 is 0. The van der Waals surface area contributed by atoms with E-state index < -0.39 is 49.5 Å². The summed E-state index contributed by atoms with van der Waals surface area (Å²) in [5.41, 5.74) is 0. The van der Waals surface area contributed by atoms with Crippen molar-refractivity contribution in [2.24, 2.45) is 0 Å². The first-order chi connectivity index (χ1) is 31.3. The molecule has 9 nitrogen and oxygen atoms in total. The van der Waals surface area contributed by atoms with Gasteiger partial charge in [-0.1, -0.05) is 181 Å². The Morgan fingerprint density at radius 1 is 0.547 bits per heavy atom. The first-order valence-corrected chi connectivity index (χ1v) is 25.1. The highest BCUT2D eigenvalue weighted by Gasteiger charge is 2.44. The summed E-state index contributed by atoms with van der Waals surface area (Å²) in [6.45, 7) is 3.60. The van der Waals surface area contributed by atoms with E-state index in [0.717, 1.165) is 89.9 Å². The lowest BCUT2D eigenvalue weighted by Crippen LogP contribution is -2.60. The van der Waals surface area contributed by atoms with Crippen molar-refractivity contribution in [2.75, 3.05) is 13.2 Å². The van der Waals surface area contributed by atoms with Crippen molar-refractivity contribution in [2.45, 2.75) is 217 Å². The van der Waals surface area contributed by atoms with Crippen LogP contribution in [0, 0.1) is 0 Å². The fraction of sp³-hybridized carbons (Fsp3) is 0.655. The Balaban J connectivity index is 2.39. The van der Waals surface area contributed by atoms with Crippen LogP contribution < -0.4 is 5.32 Å². The van der Waals surface area contributed by atoms with Crippen molar-refractivity contribution < 1.29 is 39.8 Å². The normalized spacial score (nSPS) is 21.0. The molecule has 9 heteroatoms. The lowest BCUT2D eigenvalue weighted by molar-refractivity contribution is -0.302. The maximum absolute atomic E-state index is 13.0. The monoisotopic (exact) mass is 894 g/mol. The molecule has 1 saturated heterocycles. The van der Waals surface area contributed by atoms with Gasteiger partial charge in [0.1, 0.15) is 24.4 Å². The minimum Gasteiger partial charge on any atom is -0.394 e. The van der Waals surface area contributed by atoms with Gasteiger partial charge in [-0.05, 0) is 96.3 Å². The quantitative estimate of drug-likeness (QED) is 0.0263. The standard InChI is InChI=1S/C55H91NO8/c1-3-5-7-9-11-13-15-17-19-21-23-24-25-26-27-29-31-33-35-37-39-41-43-45-51(59)56-48(47-63-55-54(62)53(61)52(60)50(46-57)64-55)49(58)44-42-40-38-36-34-32-30-28-22-20-18-16-14-12-10-8-6-4-2/h5,7,11,13,17,19,22-24,26-28,31,33-34,36,42,44,48-50,52-55,57-58,60-62H,3-4,6,8-10,12,14-16,18,20-21,25,29-30,32,35,37-41,43,45-47H2,1-2H3,(H,56,59)/b7-5-,13-11-,19-17-,24-23-,27-26-,28-22+,33-31-,36-34+,44-42+. The molecule has 7 unspecified atom stereocenters. The van der Waals surface area contributed by atoms with Crippen LogP contribution in [0.25, 0.3) is 0 Å². The van der Waals surface area contributed by atoms with Crippen LogP contribution in [-0.4, -0.2) is 87.5 Å². The molecule has 0 aromatic heterocycles. The molecule has 364 valence electrons. The lowest BCUT2D eigenvalue weighted by atomic mass is 9.99. The second-order valence-corrected chi connectivity index (χ2v) is 16.9. The number of rotatable bonds is 40. The molecule has 0 radical (unpaired) electrons. The zero-order valence-electron chi connectivity index (χ0n) is 40.0. The third-order valence-corrected chi connectivity index (χ3v) is 11.1. The van der Waals surface area contributed by atoms with E-state index in [1.807, 2.05) is 6.08 Å². The molecule has 0 aliphatic carbocycles. The maximum atomic E-state index is 13.0. The number of carbonyl (C=O) groups is 1. The largest absolute Gasteiger partial charge is 0.394 e. The zero-order chi connectivity index (χ0) is 46.6. The van der Waals surface area contributed by atoms with E-state index in [1.165, 1.54) is 51.4 Å². The molecule has 6 N–H and O–H groups in total. The number of ether oxygens (including phenoxy) is 2. The highest BCUT2D eigenvalue weighted by molar-refractivity contribution is 5.76. The van der Waals surface area contributed by atoms with Crippen molar-refractivity contribution in [1.29, 1.82) is 0 Å². The number of allylic oxidation sites excluding steroid dienone is 17. The van der Waals surface area contributed by atoms with E-state index in [2.05, 4.69) is 116 Å². The van der Waals surface area contributed by atoms with E-state index in [1.54, 1.807) is 6.08 Å². The predicted octanol–water partition coefficient (Wildman–Crippen LogP) is 11.4. The van der Waals surface area contributed by atoms with Crippen LogP contribution in [0.15, 0.2) is 109 Å². The van der Waals surface area contributed by atoms with E-state index in [9.17, 15) is 30.3 Å². The summed E-state index contributed by atoms with van der Waals surface area (Å²) in [6, 6.07) is -0.850. The fourth-order valence-corrected chi connectivity index (χ4v) is 7.07. The molecule has 0 spiro atoms. The summed E-state index contributed by atoms with van der Waals surface area (Å²) in [6.07, 6.45) is 57.0. The van der Waals surface area contributed by atoms with Crippen LogP contribution in [0.2, 0.25) is 0 Å². The molecule has 0 aromatic carbocycles. The Kier molecular flexibility index (Phi) is 40.2. The lowest BCUT2D eigenvalue weighted by Gasteiger charge is -2.40. The van der Waals surface area contributed by atoms with Gasteiger partial charge in [-0.3, -0.25) is 4.79 Å². The molecule has 0 saturated carbocycles. The summed E-state index contributed by atoms with van der Waals surface area (Å²) in [5, 5.41) is 54.3. The third kappa shape index (κ3) is 33.3. The summed E-state index contributed by atoms with van der Waals surface area (Å²) in [4.78, 5) is 13.0. The van der Waals surface area contributed by atoms with Gasteiger partial charge in [0, 0.05) is 6.42 Å². The Morgan fingerprint density at radius 3 is 1.50 bits per heavy atom. The minimum absolute atomic E-state index is 0.221. The SMILES string of the molecule is CC/C=C\C/C=C\C/C=C\C/C=C\C/C=C\C/C=C\CCCCCCC(=O)NC(COC1OC(CO)C(O)C(O)C1O)C(O)/C=C/CC/C=C/CC/C=C/CCCCCCCCCC. The summed E-state index contributed by atoms with van der Waals surface area (Å²) < 4.78 is 11.2. The Morgan fingerprint density at radius 2 is 0.984 bits per heavy atom. The Labute approximate surface area is 389 Å².